The fourth-order valence-electron chi connectivity index (χ4n) is 7.48. The summed E-state index contributed by atoms with van der Waals surface area (Å²) in [5.74, 6) is -3.28. The van der Waals surface area contributed by atoms with E-state index in [1.54, 1.807) is 32.4 Å². The average molecular weight is 485 g/mol. The van der Waals surface area contributed by atoms with Gasteiger partial charge in [0.1, 0.15) is 17.6 Å². The number of fused-ring (bicyclic) bond motifs is 5. The number of rotatable bonds is 3. The summed E-state index contributed by atoms with van der Waals surface area (Å²) in [6.07, 6.45) is 4.31. The number of hydrogen-bond donors (Lipinski definition) is 0. The maximum absolute atomic E-state index is 14.0. The fraction of sp³-hybridized carbons (Fsp3) is 0.630. The molecule has 188 valence electrons. The summed E-state index contributed by atoms with van der Waals surface area (Å²) in [5, 5.41) is 0. The van der Waals surface area contributed by atoms with E-state index in [1.807, 2.05) is 6.92 Å². The minimum atomic E-state index is -1.05. The Kier molecular flexibility index (Phi) is 5.31. The lowest BCUT2D eigenvalue weighted by Gasteiger charge is -2.55. The van der Waals surface area contributed by atoms with Gasteiger partial charge in [-0.1, -0.05) is 19.4 Å². The van der Waals surface area contributed by atoms with Crippen LogP contribution < -0.4 is 0 Å². The van der Waals surface area contributed by atoms with Gasteiger partial charge in [-0.05, 0) is 50.7 Å². The van der Waals surface area contributed by atoms with Crippen molar-refractivity contribution in [1.82, 2.24) is 0 Å². The summed E-state index contributed by atoms with van der Waals surface area (Å²) in [6.45, 7) is 7.50. The van der Waals surface area contributed by atoms with Crippen molar-refractivity contribution in [2.24, 2.45) is 28.6 Å². The monoisotopic (exact) mass is 484 g/mol. The molecule has 0 amide bonds. The van der Waals surface area contributed by atoms with E-state index >= 15 is 0 Å². The number of hydrogen-bond acceptors (Lipinski definition) is 8. The number of Topliss-reactive ketones (excluding diaryl/α,β-unsaturated/α-hetero) is 1. The molecule has 2 bridgehead atoms. The van der Waals surface area contributed by atoms with E-state index in [9.17, 15) is 19.2 Å². The number of furan rings is 1. The van der Waals surface area contributed by atoms with Crippen molar-refractivity contribution >= 4 is 23.7 Å². The third-order valence-corrected chi connectivity index (χ3v) is 9.25. The zero-order valence-corrected chi connectivity index (χ0v) is 20.8. The van der Waals surface area contributed by atoms with Crippen LogP contribution in [0.2, 0.25) is 0 Å². The van der Waals surface area contributed by atoms with Gasteiger partial charge in [0.05, 0.1) is 32.5 Å². The molecule has 1 aromatic rings. The maximum atomic E-state index is 14.0. The molecule has 8 heteroatoms. The molecule has 35 heavy (non-hydrogen) atoms. The van der Waals surface area contributed by atoms with Gasteiger partial charge < -0.3 is 18.6 Å². The first-order valence-corrected chi connectivity index (χ1v) is 12.2. The summed E-state index contributed by atoms with van der Waals surface area (Å²) >= 11 is 0. The number of carbonyl (C=O) groups excluding carboxylic acids is 4. The lowest BCUT2D eigenvalue weighted by atomic mass is 9.47. The first kappa shape index (κ1) is 23.8. The van der Waals surface area contributed by atoms with E-state index in [0.29, 0.717) is 12.8 Å². The van der Waals surface area contributed by atoms with Gasteiger partial charge in [-0.2, -0.15) is 0 Å². The Morgan fingerprint density at radius 1 is 1.17 bits per heavy atom. The second kappa shape index (κ2) is 7.80. The summed E-state index contributed by atoms with van der Waals surface area (Å²) in [6, 6.07) is 1.81. The van der Waals surface area contributed by atoms with E-state index in [2.05, 4.69) is 6.92 Å². The van der Waals surface area contributed by atoms with E-state index in [0.717, 1.165) is 16.7 Å². The minimum Gasteiger partial charge on any atom is -0.472 e. The molecule has 3 heterocycles. The van der Waals surface area contributed by atoms with Crippen molar-refractivity contribution in [1.29, 1.82) is 0 Å². The van der Waals surface area contributed by atoms with Gasteiger partial charge in [-0.15, -0.1) is 0 Å². The van der Waals surface area contributed by atoms with Gasteiger partial charge >= 0.3 is 17.9 Å². The Bertz CT molecular complexity index is 1130. The number of cyclic esters (lactones) is 2. The quantitative estimate of drug-likeness (QED) is 0.273. The molecule has 0 N–H and O–H groups in total. The Balaban J connectivity index is 1.70. The number of carbonyl (C=O) groups is 4. The lowest BCUT2D eigenvalue weighted by Crippen LogP contribution is -2.56. The molecule has 6 atom stereocenters. The number of ketones is 1. The molecule has 1 saturated carbocycles. The van der Waals surface area contributed by atoms with Crippen LogP contribution in [0.1, 0.15) is 71.5 Å². The molecular formula is C27H32O8. The van der Waals surface area contributed by atoms with E-state index in [1.165, 1.54) is 7.11 Å². The Hall–Kier alpha value is -2.90. The minimum absolute atomic E-state index is 0.0399. The van der Waals surface area contributed by atoms with E-state index in [-0.39, 0.29) is 36.9 Å². The van der Waals surface area contributed by atoms with Crippen molar-refractivity contribution in [2.45, 2.75) is 71.5 Å². The molecule has 2 aliphatic heterocycles. The third kappa shape index (κ3) is 3.32. The summed E-state index contributed by atoms with van der Waals surface area (Å²) in [5.41, 5.74) is 0.154. The predicted octanol–water partition coefficient (Wildman–Crippen LogP) is 4.09. The summed E-state index contributed by atoms with van der Waals surface area (Å²) in [7, 11) is 1.31. The molecule has 1 aromatic heterocycles. The van der Waals surface area contributed by atoms with Gasteiger partial charge in [0.2, 0.25) is 0 Å². The lowest BCUT2D eigenvalue weighted by molar-refractivity contribution is -0.169. The van der Waals surface area contributed by atoms with Crippen molar-refractivity contribution in [2.75, 3.05) is 7.11 Å². The zero-order valence-electron chi connectivity index (χ0n) is 20.8. The molecule has 5 rings (SSSR count). The van der Waals surface area contributed by atoms with Crippen LogP contribution in [0.15, 0.2) is 34.2 Å². The van der Waals surface area contributed by atoms with E-state index in [4.69, 9.17) is 18.6 Å². The van der Waals surface area contributed by atoms with Crippen LogP contribution in [0.3, 0.4) is 0 Å². The van der Waals surface area contributed by atoms with Gasteiger partial charge in [0, 0.05) is 22.3 Å². The molecule has 2 saturated heterocycles. The van der Waals surface area contributed by atoms with Crippen LogP contribution in [0, 0.1) is 28.6 Å². The fourth-order valence-corrected chi connectivity index (χ4v) is 7.48. The predicted molar refractivity (Wildman–Crippen MR) is 122 cm³/mol. The Morgan fingerprint density at radius 3 is 2.57 bits per heavy atom. The van der Waals surface area contributed by atoms with Crippen molar-refractivity contribution in [3.8, 4) is 0 Å². The SMILES string of the molecule is COC(=O)C[C@@H]1C(C)(C)OC(=O)[C@H]2CC3=C4CC(=O)O[C@@H](c5ccoc5)[C@]4(C)CC[C@H]3[C@]1(C)C2=O. The first-order valence-electron chi connectivity index (χ1n) is 12.2. The standard InChI is InChI=1S/C27H32O8/c1-25(2)19(12-20(28)32-5)27(4)17-6-8-26(3)18(15(17)10-16(22(27)30)24(31)35-25)11-21(29)34-23(26)14-7-9-33-13-14/h7,9,13,16-17,19,23H,6,8,10-12H2,1-5H3/t16-,17+,19+,23-,26+,27-/m0/s1. The molecule has 0 spiro atoms. The normalized spacial score (nSPS) is 38.0. The van der Waals surface area contributed by atoms with Gasteiger partial charge in [0.25, 0.3) is 0 Å². The highest BCUT2D eigenvalue weighted by Crippen LogP contribution is 2.64. The van der Waals surface area contributed by atoms with Crippen LogP contribution in [0.25, 0.3) is 0 Å². The molecule has 3 fully saturated rings. The summed E-state index contributed by atoms with van der Waals surface area (Å²) < 4.78 is 22.0. The van der Waals surface area contributed by atoms with Crippen LogP contribution >= 0.6 is 0 Å². The molecule has 0 unspecified atom stereocenters. The van der Waals surface area contributed by atoms with E-state index < -0.39 is 46.3 Å². The Morgan fingerprint density at radius 2 is 1.91 bits per heavy atom. The second-order valence-electron chi connectivity index (χ2n) is 11.4. The van der Waals surface area contributed by atoms with Crippen LogP contribution in [-0.2, 0) is 33.4 Å². The molecule has 8 nitrogen and oxygen atoms in total. The number of esters is 3. The molecule has 0 aromatic carbocycles. The highest BCUT2D eigenvalue weighted by Gasteiger charge is 2.65. The topological polar surface area (TPSA) is 109 Å². The van der Waals surface area contributed by atoms with Gasteiger partial charge in [0.15, 0.2) is 5.78 Å². The molecule has 4 aliphatic rings. The number of allylic oxidation sites excluding steroid dienone is 1. The van der Waals surface area contributed by atoms with Crippen molar-refractivity contribution in [3.63, 3.8) is 0 Å². The van der Waals surface area contributed by atoms with Crippen LogP contribution in [0.4, 0.5) is 0 Å². The molecular weight excluding hydrogens is 452 g/mol. The molecule has 2 aliphatic carbocycles. The van der Waals surface area contributed by atoms with Gasteiger partial charge in [-0.25, -0.2) is 0 Å². The molecule has 0 radical (unpaired) electrons. The zero-order chi connectivity index (χ0) is 25.3. The first-order chi connectivity index (χ1) is 16.4. The summed E-state index contributed by atoms with van der Waals surface area (Å²) in [4.78, 5) is 52.5. The highest BCUT2D eigenvalue weighted by atomic mass is 16.6. The van der Waals surface area contributed by atoms with Crippen molar-refractivity contribution < 1.29 is 37.8 Å². The number of methoxy groups -OCH3 is 1. The maximum Gasteiger partial charge on any atom is 0.317 e. The Labute approximate surface area is 204 Å². The number of ether oxygens (including phenoxy) is 3. The smallest absolute Gasteiger partial charge is 0.317 e. The second-order valence-corrected chi connectivity index (χ2v) is 11.4. The average Bonchev–Trinajstić information content (AvgIpc) is 3.32. The van der Waals surface area contributed by atoms with Crippen LogP contribution in [-0.4, -0.2) is 36.4 Å². The van der Waals surface area contributed by atoms with Crippen molar-refractivity contribution in [3.05, 3.63) is 35.3 Å². The van der Waals surface area contributed by atoms with Crippen LogP contribution in [0.5, 0.6) is 0 Å². The highest BCUT2D eigenvalue weighted by molar-refractivity contribution is 6.05. The van der Waals surface area contributed by atoms with Gasteiger partial charge in [-0.3, -0.25) is 19.2 Å². The largest absolute Gasteiger partial charge is 0.472 e. The third-order valence-electron chi connectivity index (χ3n) is 9.25.